The lowest BCUT2D eigenvalue weighted by Crippen LogP contribution is -2.32. The number of thioether (sulfide) groups is 1. The second kappa shape index (κ2) is 11.7. The quantitative estimate of drug-likeness (QED) is 0.232. The molecule has 9 nitrogen and oxygen atoms in total. The Kier molecular flexibility index (Phi) is 8.01. The van der Waals surface area contributed by atoms with E-state index in [2.05, 4.69) is 42.2 Å². The summed E-state index contributed by atoms with van der Waals surface area (Å²) in [5.74, 6) is -1.52. The molecule has 0 radical (unpaired) electrons. The van der Waals surface area contributed by atoms with Crippen LogP contribution in [0.25, 0.3) is 0 Å². The fourth-order valence-corrected chi connectivity index (χ4v) is 8.25. The summed E-state index contributed by atoms with van der Waals surface area (Å²) in [5.41, 5.74) is 1.64. The summed E-state index contributed by atoms with van der Waals surface area (Å²) in [6, 6.07) is 19.2. The molecule has 3 aromatic carbocycles. The zero-order valence-corrected chi connectivity index (χ0v) is 26.6. The van der Waals surface area contributed by atoms with Crippen molar-refractivity contribution >= 4 is 84.1 Å². The zero-order chi connectivity index (χ0) is 29.5. The largest absolute Gasteiger partial charge is 0.497 e. The summed E-state index contributed by atoms with van der Waals surface area (Å²) < 4.78 is 12.7. The van der Waals surface area contributed by atoms with E-state index >= 15 is 0 Å². The van der Waals surface area contributed by atoms with Gasteiger partial charge in [-0.15, -0.1) is 0 Å². The minimum absolute atomic E-state index is 0.279. The zero-order valence-electron chi connectivity index (χ0n) is 21.8. The molecule has 0 saturated carbocycles. The summed E-state index contributed by atoms with van der Waals surface area (Å²) in [4.78, 5) is 57.4. The molecular weight excluding hydrogens is 710 g/mol. The van der Waals surface area contributed by atoms with Crippen molar-refractivity contribution in [1.82, 2.24) is 4.98 Å². The fourth-order valence-electron chi connectivity index (χ4n) is 5.11. The highest BCUT2D eigenvalue weighted by Crippen LogP contribution is 2.54. The summed E-state index contributed by atoms with van der Waals surface area (Å²) in [6.45, 7) is -0.301. The number of methoxy groups -OCH3 is 1. The molecule has 2 aliphatic rings. The Morgan fingerprint density at radius 2 is 1.69 bits per heavy atom. The molecule has 1 aromatic heterocycles. The van der Waals surface area contributed by atoms with Crippen molar-refractivity contribution < 1.29 is 23.9 Å². The number of H-pyrrole nitrogens is 1. The van der Waals surface area contributed by atoms with Gasteiger partial charge in [0.15, 0.2) is 6.61 Å². The van der Waals surface area contributed by atoms with Crippen molar-refractivity contribution in [2.24, 2.45) is 5.92 Å². The number of nitrogens with one attached hydrogen (secondary N) is 2. The molecule has 3 amide bonds. The first kappa shape index (κ1) is 28.7. The number of nitrogens with zero attached hydrogens (tertiary/aromatic N) is 1. The predicted molar refractivity (Wildman–Crippen MR) is 168 cm³/mol. The average molecular weight is 731 g/mol. The summed E-state index contributed by atoms with van der Waals surface area (Å²) in [5, 5.41) is 2.58. The number of hydrogen-bond acceptors (Lipinski definition) is 8. The SMILES string of the molecule is COc1ccc(NC(=O)COc2ccc(Br)cc2C2c3sc(=O)[nH]c3SC3C(=O)N(c4ccc(Br)cc4)C(=O)C32)cc1. The lowest BCUT2D eigenvalue weighted by atomic mass is 9.82. The van der Waals surface area contributed by atoms with E-state index in [0.717, 1.165) is 15.8 Å². The molecule has 42 heavy (non-hydrogen) atoms. The normalized spacial score (nSPS) is 19.3. The monoisotopic (exact) mass is 729 g/mol. The number of amides is 3. The second-order valence-electron chi connectivity index (χ2n) is 9.49. The molecule has 214 valence electrons. The van der Waals surface area contributed by atoms with Crippen molar-refractivity contribution in [3.63, 3.8) is 0 Å². The Morgan fingerprint density at radius 1 is 0.976 bits per heavy atom. The first-order valence-corrected chi connectivity index (χ1v) is 15.9. The Balaban J connectivity index is 1.34. The molecule has 2 N–H and O–H groups in total. The third-order valence-electron chi connectivity index (χ3n) is 6.95. The van der Waals surface area contributed by atoms with Gasteiger partial charge in [0, 0.05) is 31.0 Å². The van der Waals surface area contributed by atoms with Crippen molar-refractivity contribution in [3.8, 4) is 11.5 Å². The number of carbonyl (C=O) groups is 3. The number of imide groups is 1. The number of anilines is 2. The van der Waals surface area contributed by atoms with Gasteiger partial charge in [-0.1, -0.05) is 55.0 Å². The van der Waals surface area contributed by atoms with Crippen LogP contribution in [0, 0.1) is 5.92 Å². The summed E-state index contributed by atoms with van der Waals surface area (Å²) in [6.07, 6.45) is 0. The number of ether oxygens (including phenoxy) is 2. The maximum absolute atomic E-state index is 14.0. The average Bonchev–Trinajstić information content (AvgIpc) is 3.47. The molecular formula is C29H21Br2N3O6S2. The Bertz CT molecular complexity index is 1760. The third-order valence-corrected chi connectivity index (χ3v) is 10.4. The molecule has 0 aliphatic carbocycles. The van der Waals surface area contributed by atoms with Crippen LogP contribution in [-0.2, 0) is 14.4 Å². The van der Waals surface area contributed by atoms with Crippen LogP contribution >= 0.6 is 55.0 Å². The van der Waals surface area contributed by atoms with Gasteiger partial charge in [0.25, 0.3) is 5.91 Å². The Morgan fingerprint density at radius 3 is 2.40 bits per heavy atom. The highest BCUT2D eigenvalue weighted by molar-refractivity contribution is 9.10. The summed E-state index contributed by atoms with van der Waals surface area (Å²) in [7, 11) is 1.56. The number of carbonyl (C=O) groups excluding carboxylic acids is 3. The standard InChI is InChI=1S/C29H21Br2N3O6S2/c1-39-18-9-5-16(6-10-18)32-21(35)13-40-20-11-4-15(31)12-19(20)22-23-25(41-26-24(22)42-29(38)33-26)28(37)34(27(23)36)17-7-2-14(30)3-8-17/h2-12,22-23,25H,13H2,1H3,(H,32,35)(H,33,38). The minimum Gasteiger partial charge on any atom is -0.497 e. The molecule has 3 atom stereocenters. The lowest BCUT2D eigenvalue weighted by molar-refractivity contribution is -0.122. The number of benzene rings is 3. The van der Waals surface area contributed by atoms with Crippen molar-refractivity contribution in [3.05, 3.63) is 95.8 Å². The molecule has 1 saturated heterocycles. The summed E-state index contributed by atoms with van der Waals surface area (Å²) >= 11 is 9.12. The topological polar surface area (TPSA) is 118 Å². The van der Waals surface area contributed by atoms with Gasteiger partial charge < -0.3 is 19.8 Å². The highest BCUT2D eigenvalue weighted by atomic mass is 79.9. The van der Waals surface area contributed by atoms with E-state index in [1.807, 2.05) is 6.07 Å². The van der Waals surface area contributed by atoms with Crippen LogP contribution in [0.5, 0.6) is 11.5 Å². The third kappa shape index (κ3) is 5.41. The molecule has 0 bridgehead atoms. The molecule has 4 aromatic rings. The van der Waals surface area contributed by atoms with Gasteiger partial charge in [0.2, 0.25) is 11.8 Å². The highest BCUT2D eigenvalue weighted by Gasteiger charge is 2.56. The number of hydrogen-bond donors (Lipinski definition) is 2. The predicted octanol–water partition coefficient (Wildman–Crippen LogP) is 5.78. The van der Waals surface area contributed by atoms with Crippen LogP contribution in [0.1, 0.15) is 16.4 Å². The number of aromatic amines is 1. The fraction of sp³-hybridized carbons (Fsp3) is 0.172. The van der Waals surface area contributed by atoms with E-state index in [0.29, 0.717) is 42.8 Å². The molecule has 6 rings (SSSR count). The maximum atomic E-state index is 14.0. The van der Waals surface area contributed by atoms with Gasteiger partial charge in [-0.25, -0.2) is 4.90 Å². The molecule has 3 heterocycles. The smallest absolute Gasteiger partial charge is 0.305 e. The van der Waals surface area contributed by atoms with Crippen LogP contribution in [0.15, 0.2) is 85.5 Å². The van der Waals surface area contributed by atoms with E-state index in [-0.39, 0.29) is 29.2 Å². The molecule has 1 fully saturated rings. The van der Waals surface area contributed by atoms with Crippen LogP contribution < -0.4 is 24.6 Å². The lowest BCUT2D eigenvalue weighted by Gasteiger charge is -2.31. The van der Waals surface area contributed by atoms with E-state index in [1.54, 1.807) is 67.8 Å². The number of fused-ring (bicyclic) bond motifs is 2. The van der Waals surface area contributed by atoms with Gasteiger partial charge in [-0.05, 0) is 66.7 Å². The Hall–Kier alpha value is -3.39. The van der Waals surface area contributed by atoms with E-state index in [1.165, 1.54) is 16.7 Å². The van der Waals surface area contributed by atoms with E-state index in [9.17, 15) is 19.2 Å². The van der Waals surface area contributed by atoms with Gasteiger partial charge in [-0.2, -0.15) is 0 Å². The number of rotatable bonds is 7. The number of aromatic nitrogens is 1. The number of thiazole rings is 1. The molecule has 0 spiro atoms. The first-order valence-electron chi connectivity index (χ1n) is 12.6. The van der Waals surface area contributed by atoms with Gasteiger partial charge in [-0.3, -0.25) is 19.2 Å². The van der Waals surface area contributed by atoms with Crippen LogP contribution in [0.3, 0.4) is 0 Å². The van der Waals surface area contributed by atoms with Gasteiger partial charge in [0.05, 0.1) is 23.7 Å². The van der Waals surface area contributed by atoms with Crippen molar-refractivity contribution in [2.45, 2.75) is 16.2 Å². The van der Waals surface area contributed by atoms with Crippen molar-refractivity contribution in [2.75, 3.05) is 23.9 Å². The molecule has 13 heteroatoms. The van der Waals surface area contributed by atoms with Crippen molar-refractivity contribution in [1.29, 1.82) is 0 Å². The van der Waals surface area contributed by atoms with Gasteiger partial charge >= 0.3 is 4.87 Å². The first-order chi connectivity index (χ1) is 20.2. The van der Waals surface area contributed by atoms with Crippen LogP contribution in [-0.4, -0.2) is 41.7 Å². The minimum atomic E-state index is -0.796. The van der Waals surface area contributed by atoms with Crippen LogP contribution in [0.4, 0.5) is 11.4 Å². The Labute approximate surface area is 264 Å². The van der Waals surface area contributed by atoms with E-state index < -0.39 is 17.1 Å². The maximum Gasteiger partial charge on any atom is 0.305 e. The van der Waals surface area contributed by atoms with E-state index in [4.69, 9.17) is 9.47 Å². The second-order valence-corrected chi connectivity index (χ2v) is 13.5. The molecule has 3 unspecified atom stereocenters. The van der Waals surface area contributed by atoms with Crippen LogP contribution in [0.2, 0.25) is 0 Å². The number of halogens is 2. The van der Waals surface area contributed by atoms with Gasteiger partial charge in [0.1, 0.15) is 16.7 Å². The molecule has 2 aliphatic heterocycles.